The monoisotopic (exact) mass is 123 g/mol. The number of hydrogen-bond acceptors (Lipinski definition) is 1. The molecule has 0 spiro atoms. The van der Waals surface area contributed by atoms with Crippen LogP contribution in [0.4, 0.5) is 0 Å². The van der Waals surface area contributed by atoms with Crippen LogP contribution >= 0.6 is 0 Å². The van der Waals surface area contributed by atoms with E-state index in [2.05, 4.69) is 17.2 Å². The van der Waals surface area contributed by atoms with Crippen molar-refractivity contribution in [1.29, 1.82) is 0 Å². The van der Waals surface area contributed by atoms with Crippen LogP contribution < -0.4 is 5.32 Å². The van der Waals surface area contributed by atoms with Gasteiger partial charge >= 0.3 is 0 Å². The van der Waals surface area contributed by atoms with Crippen LogP contribution in [0.3, 0.4) is 0 Å². The van der Waals surface area contributed by atoms with E-state index < -0.39 is 0 Å². The van der Waals surface area contributed by atoms with E-state index in [1.165, 1.54) is 19.4 Å². The van der Waals surface area contributed by atoms with Crippen LogP contribution in [-0.4, -0.2) is 13.1 Å². The molecule has 1 nitrogen and oxygen atoms in total. The molecule has 0 aromatic heterocycles. The molecule has 0 fully saturated rings. The lowest BCUT2D eigenvalue weighted by Gasteiger charge is -1.97. The van der Waals surface area contributed by atoms with E-state index in [4.69, 9.17) is 0 Å². The van der Waals surface area contributed by atoms with E-state index in [0.29, 0.717) is 0 Å². The minimum atomic E-state index is 1.03. The molecule has 50 valence electrons. The van der Waals surface area contributed by atoms with Crippen LogP contribution in [0.15, 0.2) is 0 Å². The molecule has 1 heteroatoms. The van der Waals surface area contributed by atoms with E-state index in [0.717, 1.165) is 19.4 Å². The highest BCUT2D eigenvalue weighted by molar-refractivity contribution is 4.99. The molecule has 0 atom stereocenters. The quantitative estimate of drug-likeness (QED) is 0.476. The largest absolute Gasteiger partial charge is 0.316 e. The van der Waals surface area contributed by atoms with Crippen molar-refractivity contribution in [2.75, 3.05) is 13.1 Å². The van der Waals surface area contributed by atoms with Crippen molar-refractivity contribution in [3.63, 3.8) is 0 Å². The minimum absolute atomic E-state index is 1.03. The minimum Gasteiger partial charge on any atom is -0.316 e. The first-order chi connectivity index (χ1) is 4.50. The fourth-order valence-corrected chi connectivity index (χ4v) is 0.916. The van der Waals surface area contributed by atoms with Gasteiger partial charge in [0.25, 0.3) is 0 Å². The highest BCUT2D eigenvalue weighted by atomic mass is 14.8. The molecule has 1 aliphatic heterocycles. The summed E-state index contributed by atoms with van der Waals surface area (Å²) >= 11 is 0. The Morgan fingerprint density at radius 2 is 1.78 bits per heavy atom. The Bertz CT molecular complexity index is 106. The molecule has 1 rings (SSSR count). The summed E-state index contributed by atoms with van der Waals surface area (Å²) in [6.07, 6.45) is 4.68. The lowest BCUT2D eigenvalue weighted by Crippen LogP contribution is -2.15. The Morgan fingerprint density at radius 1 is 0.889 bits per heavy atom. The van der Waals surface area contributed by atoms with Gasteiger partial charge in [-0.3, -0.25) is 0 Å². The van der Waals surface area contributed by atoms with Crippen molar-refractivity contribution >= 4 is 0 Å². The summed E-state index contributed by atoms with van der Waals surface area (Å²) in [6, 6.07) is 0. The molecule has 0 bridgehead atoms. The van der Waals surface area contributed by atoms with Gasteiger partial charge in [-0.15, -0.1) is 11.8 Å². The third-order valence-electron chi connectivity index (χ3n) is 1.46. The van der Waals surface area contributed by atoms with Gasteiger partial charge in [-0.25, -0.2) is 0 Å². The maximum atomic E-state index is 3.32. The first kappa shape index (κ1) is 6.64. The average Bonchev–Trinajstić information content (AvgIpc) is 2.00. The molecule has 1 N–H and O–H groups in total. The van der Waals surface area contributed by atoms with Gasteiger partial charge in [0.2, 0.25) is 0 Å². The molecule has 0 amide bonds. The van der Waals surface area contributed by atoms with Crippen LogP contribution in [0.1, 0.15) is 25.7 Å². The lowest BCUT2D eigenvalue weighted by molar-refractivity contribution is 0.642. The van der Waals surface area contributed by atoms with E-state index in [-0.39, 0.29) is 0 Å². The maximum Gasteiger partial charge on any atom is 0.0214 e. The van der Waals surface area contributed by atoms with Gasteiger partial charge in [-0.1, -0.05) is 0 Å². The molecule has 0 aromatic rings. The fraction of sp³-hybridized carbons (Fsp3) is 0.750. The third kappa shape index (κ3) is 3.16. The summed E-state index contributed by atoms with van der Waals surface area (Å²) in [5.41, 5.74) is 0. The van der Waals surface area contributed by atoms with Crippen molar-refractivity contribution in [3.8, 4) is 11.8 Å². The second kappa shape index (κ2) is 4.40. The average molecular weight is 123 g/mol. The van der Waals surface area contributed by atoms with E-state index >= 15 is 0 Å². The van der Waals surface area contributed by atoms with Crippen LogP contribution in [0, 0.1) is 11.8 Å². The van der Waals surface area contributed by atoms with Crippen LogP contribution in [0.25, 0.3) is 0 Å². The molecule has 1 aliphatic rings. The second-order valence-corrected chi connectivity index (χ2v) is 2.31. The molecule has 0 unspecified atom stereocenters. The predicted molar refractivity (Wildman–Crippen MR) is 39.1 cm³/mol. The lowest BCUT2D eigenvalue weighted by atomic mass is 10.2. The molecule has 1 heterocycles. The zero-order valence-corrected chi connectivity index (χ0v) is 5.74. The van der Waals surface area contributed by atoms with Gasteiger partial charge < -0.3 is 5.32 Å². The van der Waals surface area contributed by atoms with Crippen molar-refractivity contribution in [2.45, 2.75) is 25.7 Å². The highest BCUT2D eigenvalue weighted by Crippen LogP contribution is 1.93. The predicted octanol–water partition coefficient (Wildman–Crippen LogP) is 1.15. The second-order valence-electron chi connectivity index (χ2n) is 2.31. The van der Waals surface area contributed by atoms with Gasteiger partial charge in [0.15, 0.2) is 0 Å². The summed E-state index contributed by atoms with van der Waals surface area (Å²) in [6.45, 7) is 2.25. The molecule has 0 saturated carbocycles. The zero-order chi connectivity index (χ0) is 6.36. The Kier molecular flexibility index (Phi) is 3.25. The standard InChI is InChI=1S/C8H13N/c1-2-4-6-8-9-7-5-3-1/h9H,1,3,5-8H2. The van der Waals surface area contributed by atoms with Gasteiger partial charge in [0.05, 0.1) is 0 Å². The van der Waals surface area contributed by atoms with Gasteiger partial charge in [0.1, 0.15) is 0 Å². The zero-order valence-electron chi connectivity index (χ0n) is 5.74. The molecule has 0 saturated heterocycles. The molecule has 9 heavy (non-hydrogen) atoms. The van der Waals surface area contributed by atoms with Gasteiger partial charge in [-0.2, -0.15) is 0 Å². The fourth-order valence-electron chi connectivity index (χ4n) is 0.916. The maximum absolute atomic E-state index is 3.32. The summed E-state index contributed by atoms with van der Waals surface area (Å²) in [4.78, 5) is 0. The smallest absolute Gasteiger partial charge is 0.0214 e. The van der Waals surface area contributed by atoms with Gasteiger partial charge in [0, 0.05) is 19.4 Å². The number of rotatable bonds is 0. The Labute approximate surface area is 56.8 Å². The van der Waals surface area contributed by atoms with Crippen LogP contribution in [0.5, 0.6) is 0 Å². The van der Waals surface area contributed by atoms with Crippen molar-refractivity contribution in [3.05, 3.63) is 0 Å². The molecule has 0 aliphatic carbocycles. The summed E-state index contributed by atoms with van der Waals surface area (Å²) in [5, 5.41) is 3.32. The molecular formula is C8H13N. The first-order valence-electron chi connectivity index (χ1n) is 3.66. The van der Waals surface area contributed by atoms with E-state index in [9.17, 15) is 0 Å². The van der Waals surface area contributed by atoms with Crippen molar-refractivity contribution in [1.82, 2.24) is 5.32 Å². The van der Waals surface area contributed by atoms with E-state index in [1.54, 1.807) is 0 Å². The first-order valence-corrected chi connectivity index (χ1v) is 3.66. The van der Waals surface area contributed by atoms with Crippen LogP contribution in [-0.2, 0) is 0 Å². The Morgan fingerprint density at radius 3 is 2.78 bits per heavy atom. The summed E-state index contributed by atoms with van der Waals surface area (Å²) < 4.78 is 0. The SMILES string of the molecule is C1#CCCNCCCC1. The summed E-state index contributed by atoms with van der Waals surface area (Å²) in [5.74, 6) is 6.25. The number of nitrogens with one attached hydrogen (secondary N) is 1. The molecule has 0 aromatic carbocycles. The summed E-state index contributed by atoms with van der Waals surface area (Å²) in [7, 11) is 0. The third-order valence-corrected chi connectivity index (χ3v) is 1.46. The molecular weight excluding hydrogens is 110 g/mol. The Balaban J connectivity index is 2.19. The Hall–Kier alpha value is -0.480. The normalized spacial score (nSPS) is 20.4. The highest BCUT2D eigenvalue weighted by Gasteiger charge is 1.88. The number of hydrogen-bond donors (Lipinski definition) is 1. The molecule has 0 radical (unpaired) electrons. The van der Waals surface area contributed by atoms with Crippen molar-refractivity contribution < 1.29 is 0 Å². The van der Waals surface area contributed by atoms with E-state index in [1.807, 2.05) is 0 Å². The van der Waals surface area contributed by atoms with Crippen molar-refractivity contribution in [2.24, 2.45) is 0 Å². The topological polar surface area (TPSA) is 12.0 Å². The van der Waals surface area contributed by atoms with Crippen LogP contribution in [0.2, 0.25) is 0 Å². The van der Waals surface area contributed by atoms with Gasteiger partial charge in [-0.05, 0) is 19.4 Å².